The van der Waals surface area contributed by atoms with Crippen LogP contribution in [0, 0.1) is 6.92 Å². The number of aliphatic imine (C=N–C) groups is 1. The lowest BCUT2D eigenvalue weighted by Gasteiger charge is -2.12. The summed E-state index contributed by atoms with van der Waals surface area (Å²) in [6.45, 7) is 4.62. The largest absolute Gasteiger partial charge is 0.352 e. The van der Waals surface area contributed by atoms with Crippen molar-refractivity contribution in [2.24, 2.45) is 4.99 Å². The van der Waals surface area contributed by atoms with Crippen molar-refractivity contribution < 1.29 is 13.2 Å². The van der Waals surface area contributed by atoms with E-state index in [1.54, 1.807) is 6.07 Å². The molecular weight excluding hydrogens is 346 g/mol. The fraction of sp³-hybridized carbons (Fsp3) is 0.500. The van der Waals surface area contributed by atoms with Crippen LogP contribution in [-0.4, -0.2) is 48.8 Å². The second kappa shape index (κ2) is 6.76. The highest BCUT2D eigenvalue weighted by Gasteiger charge is 2.42. The summed E-state index contributed by atoms with van der Waals surface area (Å²) in [5.74, 6) is 0.230. The first-order chi connectivity index (χ1) is 11.4. The van der Waals surface area contributed by atoms with Crippen LogP contribution in [0.1, 0.15) is 29.3 Å². The van der Waals surface area contributed by atoms with Gasteiger partial charge in [0.2, 0.25) is 0 Å². The Labute approximate surface area is 146 Å². The molecule has 1 saturated heterocycles. The molecule has 1 aromatic rings. The van der Waals surface area contributed by atoms with Crippen LogP contribution in [0.2, 0.25) is 0 Å². The van der Waals surface area contributed by atoms with E-state index in [2.05, 4.69) is 15.6 Å². The van der Waals surface area contributed by atoms with Gasteiger partial charge in [-0.25, -0.2) is 8.42 Å². The summed E-state index contributed by atoms with van der Waals surface area (Å²) >= 11 is 1.47. The Bertz CT molecular complexity index is 790. The van der Waals surface area contributed by atoms with Gasteiger partial charge in [-0.05, 0) is 31.0 Å². The minimum atomic E-state index is -2.95. The van der Waals surface area contributed by atoms with Gasteiger partial charge in [0.05, 0.1) is 17.5 Å². The van der Waals surface area contributed by atoms with Crippen LogP contribution in [0.5, 0.6) is 0 Å². The first-order valence-corrected chi connectivity index (χ1v) is 10.7. The number of amidine groups is 1. The number of aryl methyl sites for hydroxylation is 1. The minimum Gasteiger partial charge on any atom is -0.352 e. The molecule has 2 aliphatic heterocycles. The van der Waals surface area contributed by atoms with Crippen LogP contribution in [0.15, 0.2) is 23.2 Å². The molecule has 6 nitrogen and oxygen atoms in total. The number of amides is 1. The van der Waals surface area contributed by atoms with Crippen molar-refractivity contribution >= 4 is 38.4 Å². The summed E-state index contributed by atoms with van der Waals surface area (Å²) in [6.07, 6.45) is 0.891. The van der Waals surface area contributed by atoms with Gasteiger partial charge < -0.3 is 10.6 Å². The lowest BCUT2D eigenvalue weighted by Crippen LogP contribution is -2.24. The number of nitrogens with zero attached hydrogens (tertiary/aromatic N) is 1. The van der Waals surface area contributed by atoms with Gasteiger partial charge in [-0.2, -0.15) is 0 Å². The summed E-state index contributed by atoms with van der Waals surface area (Å²) in [4.78, 5) is 16.6. The van der Waals surface area contributed by atoms with Crippen LogP contribution in [0.4, 0.5) is 5.69 Å². The van der Waals surface area contributed by atoms with E-state index in [-0.39, 0.29) is 28.7 Å². The van der Waals surface area contributed by atoms with E-state index in [0.717, 1.165) is 22.8 Å². The van der Waals surface area contributed by atoms with Crippen molar-refractivity contribution in [1.82, 2.24) is 5.32 Å². The predicted molar refractivity (Wildman–Crippen MR) is 98.7 cm³/mol. The Kier molecular flexibility index (Phi) is 4.87. The maximum Gasteiger partial charge on any atom is 0.251 e. The molecule has 0 radical (unpaired) electrons. The fourth-order valence-corrected chi connectivity index (χ4v) is 6.44. The van der Waals surface area contributed by atoms with Crippen molar-refractivity contribution in [1.29, 1.82) is 0 Å². The first kappa shape index (κ1) is 17.3. The fourth-order valence-electron chi connectivity index (χ4n) is 2.77. The molecular formula is C16H21N3O3S2. The third kappa shape index (κ3) is 3.75. The Morgan fingerprint density at radius 3 is 2.88 bits per heavy atom. The molecule has 1 amide bonds. The number of carbonyl (C=O) groups excluding carboxylic acids is 1. The lowest BCUT2D eigenvalue weighted by molar-refractivity contribution is 0.0953. The number of nitrogens with one attached hydrogen (secondary N) is 2. The number of rotatable bonds is 4. The van der Waals surface area contributed by atoms with Crippen LogP contribution >= 0.6 is 11.8 Å². The van der Waals surface area contributed by atoms with Gasteiger partial charge in [0.15, 0.2) is 15.0 Å². The maximum absolute atomic E-state index is 12.1. The molecule has 1 aromatic carbocycles. The van der Waals surface area contributed by atoms with Gasteiger partial charge in [0.1, 0.15) is 0 Å². The summed E-state index contributed by atoms with van der Waals surface area (Å²) in [5.41, 5.74) is 2.44. The molecule has 0 aliphatic carbocycles. The third-order valence-electron chi connectivity index (χ3n) is 4.10. The summed E-state index contributed by atoms with van der Waals surface area (Å²) in [5, 5.41) is 6.85. The molecule has 0 bridgehead atoms. The molecule has 2 aliphatic rings. The molecule has 0 spiro atoms. The Balaban J connectivity index is 1.73. The highest BCUT2D eigenvalue weighted by molar-refractivity contribution is 8.15. The molecule has 24 heavy (non-hydrogen) atoms. The number of sulfone groups is 1. The highest BCUT2D eigenvalue weighted by atomic mass is 32.2. The second-order valence-electron chi connectivity index (χ2n) is 6.15. The van der Waals surface area contributed by atoms with E-state index in [9.17, 15) is 13.2 Å². The molecule has 130 valence electrons. The van der Waals surface area contributed by atoms with Crippen molar-refractivity contribution in [2.45, 2.75) is 31.6 Å². The first-order valence-electron chi connectivity index (χ1n) is 7.98. The van der Waals surface area contributed by atoms with Crippen molar-refractivity contribution in [3.63, 3.8) is 0 Å². The highest BCUT2D eigenvalue weighted by Crippen LogP contribution is 2.35. The SMILES string of the molecule is CCCNC(=O)c1ccc(C)c(NC2=N[C@@H]3CS(=O)(=O)C[C@H]3S2)c1. The molecule has 0 saturated carbocycles. The molecule has 8 heteroatoms. The number of benzene rings is 1. The zero-order chi connectivity index (χ0) is 17.3. The summed E-state index contributed by atoms with van der Waals surface area (Å²) < 4.78 is 23.2. The zero-order valence-electron chi connectivity index (χ0n) is 13.7. The normalized spacial score (nSPS) is 24.3. The third-order valence-corrected chi connectivity index (χ3v) is 7.24. The summed E-state index contributed by atoms with van der Waals surface area (Å²) in [6, 6.07) is 5.36. The van der Waals surface area contributed by atoms with E-state index in [1.165, 1.54) is 11.8 Å². The molecule has 1 fully saturated rings. The summed E-state index contributed by atoms with van der Waals surface area (Å²) in [7, 11) is -2.95. The number of hydrogen-bond acceptors (Lipinski definition) is 6. The van der Waals surface area contributed by atoms with Crippen LogP contribution in [-0.2, 0) is 9.84 Å². The van der Waals surface area contributed by atoms with E-state index in [4.69, 9.17) is 0 Å². The van der Waals surface area contributed by atoms with Crippen LogP contribution < -0.4 is 10.6 Å². The van der Waals surface area contributed by atoms with Crippen LogP contribution in [0.3, 0.4) is 0 Å². The lowest BCUT2D eigenvalue weighted by atomic mass is 10.1. The van der Waals surface area contributed by atoms with E-state index >= 15 is 0 Å². The number of carbonyl (C=O) groups is 1. The van der Waals surface area contributed by atoms with Crippen molar-refractivity contribution in [3.8, 4) is 0 Å². The minimum absolute atomic E-state index is 0.00819. The number of hydrogen-bond donors (Lipinski definition) is 2. The smallest absolute Gasteiger partial charge is 0.251 e. The van der Waals surface area contributed by atoms with E-state index < -0.39 is 9.84 Å². The monoisotopic (exact) mass is 367 g/mol. The van der Waals surface area contributed by atoms with Crippen LogP contribution in [0.25, 0.3) is 0 Å². The predicted octanol–water partition coefficient (Wildman–Crippen LogP) is 1.82. The maximum atomic E-state index is 12.1. The van der Waals surface area contributed by atoms with Crippen molar-refractivity contribution in [3.05, 3.63) is 29.3 Å². The van der Waals surface area contributed by atoms with Crippen molar-refractivity contribution in [2.75, 3.05) is 23.4 Å². The Morgan fingerprint density at radius 1 is 1.38 bits per heavy atom. The molecule has 2 atom stereocenters. The van der Waals surface area contributed by atoms with Gasteiger partial charge >= 0.3 is 0 Å². The molecule has 2 N–H and O–H groups in total. The number of fused-ring (bicyclic) bond motifs is 1. The number of thioether (sulfide) groups is 1. The molecule has 0 aromatic heterocycles. The molecule has 3 rings (SSSR count). The van der Waals surface area contributed by atoms with Gasteiger partial charge in [0.25, 0.3) is 5.91 Å². The Hall–Kier alpha value is -1.54. The van der Waals surface area contributed by atoms with E-state index in [0.29, 0.717) is 12.1 Å². The van der Waals surface area contributed by atoms with Gasteiger partial charge in [0, 0.05) is 23.0 Å². The van der Waals surface area contributed by atoms with E-state index in [1.807, 2.05) is 26.0 Å². The second-order valence-corrected chi connectivity index (χ2v) is 9.53. The topological polar surface area (TPSA) is 87.6 Å². The number of anilines is 1. The van der Waals surface area contributed by atoms with Gasteiger partial charge in [-0.3, -0.25) is 9.79 Å². The average molecular weight is 367 g/mol. The quantitative estimate of drug-likeness (QED) is 0.847. The Morgan fingerprint density at radius 2 is 2.17 bits per heavy atom. The average Bonchev–Trinajstić information content (AvgIpc) is 2.99. The standard InChI is InChI=1S/C16H21N3O3S2/c1-3-6-17-15(20)11-5-4-10(2)12(7-11)18-16-19-13-8-24(21,22)9-14(13)23-16/h4-5,7,13-14H,3,6,8-9H2,1-2H3,(H,17,20)(H,18,19)/t13-,14-/m1/s1. The van der Waals surface area contributed by atoms with Gasteiger partial charge in [-0.1, -0.05) is 24.8 Å². The zero-order valence-corrected chi connectivity index (χ0v) is 15.3. The molecule has 0 unspecified atom stereocenters. The molecule has 2 heterocycles. The van der Waals surface area contributed by atoms with Gasteiger partial charge in [-0.15, -0.1) is 0 Å².